The van der Waals surface area contributed by atoms with E-state index in [4.69, 9.17) is 5.11 Å². The van der Waals surface area contributed by atoms with Crippen molar-refractivity contribution in [3.05, 3.63) is 65.0 Å². The van der Waals surface area contributed by atoms with Gasteiger partial charge < -0.3 is 5.11 Å². The Balaban J connectivity index is 1.85. The van der Waals surface area contributed by atoms with Crippen LogP contribution in [0.1, 0.15) is 34.0 Å². The number of rotatable bonds is 4. The highest BCUT2D eigenvalue weighted by Crippen LogP contribution is 2.32. The van der Waals surface area contributed by atoms with Crippen molar-refractivity contribution in [3.8, 4) is 0 Å². The molecule has 1 aromatic carbocycles. The van der Waals surface area contributed by atoms with Crippen LogP contribution in [0, 0.1) is 11.8 Å². The Morgan fingerprint density at radius 3 is 2.86 bits per heavy atom. The van der Waals surface area contributed by atoms with Crippen molar-refractivity contribution in [2.45, 2.75) is 19.8 Å². The molecule has 2 atom stereocenters. The van der Waals surface area contributed by atoms with Gasteiger partial charge in [0.05, 0.1) is 5.92 Å². The van der Waals surface area contributed by atoms with Gasteiger partial charge in [-0.05, 0) is 41.7 Å². The number of Topliss-reactive ketones (excluding diaryl/α,β-unsaturated/α-hetero) is 1. The van der Waals surface area contributed by atoms with E-state index < -0.39 is 17.8 Å². The van der Waals surface area contributed by atoms with Crippen LogP contribution in [-0.4, -0.2) is 21.8 Å². The topological polar surface area (TPSA) is 67.3 Å². The molecule has 0 saturated heterocycles. The van der Waals surface area contributed by atoms with Crippen LogP contribution in [0.15, 0.2) is 42.7 Å². The Kier molecular flexibility index (Phi) is 3.75. The number of aliphatic carboxylic acids is 1. The zero-order valence-corrected chi connectivity index (χ0v) is 12.3. The highest BCUT2D eigenvalue weighted by molar-refractivity contribution is 6.04. The van der Waals surface area contributed by atoms with Crippen molar-refractivity contribution in [2.24, 2.45) is 11.8 Å². The molecule has 22 heavy (non-hydrogen) atoms. The summed E-state index contributed by atoms with van der Waals surface area (Å²) in [6.07, 6.45) is 4.78. The molecular weight excluding hydrogens is 278 g/mol. The maximum atomic E-state index is 12.5. The highest BCUT2D eigenvalue weighted by Gasteiger charge is 2.37. The SMILES string of the molecule is CC(C(=O)O)C1Cc2ccc(Cc3cccnc3)cc2C1=O. The van der Waals surface area contributed by atoms with Crippen molar-refractivity contribution >= 4 is 11.8 Å². The first-order valence-electron chi connectivity index (χ1n) is 7.34. The lowest BCUT2D eigenvalue weighted by molar-refractivity contribution is -0.142. The van der Waals surface area contributed by atoms with Crippen molar-refractivity contribution in [2.75, 3.05) is 0 Å². The maximum Gasteiger partial charge on any atom is 0.306 e. The second-order valence-electron chi connectivity index (χ2n) is 5.83. The predicted octanol–water partition coefficient (Wildman–Crippen LogP) is 2.75. The molecule has 1 aromatic heterocycles. The van der Waals surface area contributed by atoms with Gasteiger partial charge in [-0.1, -0.05) is 25.1 Å². The van der Waals surface area contributed by atoms with Gasteiger partial charge in [-0.3, -0.25) is 14.6 Å². The van der Waals surface area contributed by atoms with Crippen LogP contribution in [-0.2, 0) is 17.6 Å². The summed E-state index contributed by atoms with van der Waals surface area (Å²) in [5.41, 5.74) is 3.77. The van der Waals surface area contributed by atoms with Gasteiger partial charge in [0, 0.05) is 23.9 Å². The molecule has 1 aliphatic carbocycles. The van der Waals surface area contributed by atoms with E-state index in [1.807, 2.05) is 36.5 Å². The second-order valence-corrected chi connectivity index (χ2v) is 5.83. The molecule has 0 spiro atoms. The molecule has 3 rings (SSSR count). The number of hydrogen-bond donors (Lipinski definition) is 1. The number of carbonyl (C=O) groups is 2. The minimum atomic E-state index is -0.915. The van der Waals surface area contributed by atoms with E-state index in [1.54, 1.807) is 13.1 Å². The molecule has 2 aromatic rings. The van der Waals surface area contributed by atoms with E-state index in [-0.39, 0.29) is 5.78 Å². The first-order chi connectivity index (χ1) is 10.6. The Hall–Kier alpha value is -2.49. The van der Waals surface area contributed by atoms with E-state index in [0.717, 1.165) is 16.7 Å². The van der Waals surface area contributed by atoms with Gasteiger partial charge in [-0.15, -0.1) is 0 Å². The van der Waals surface area contributed by atoms with Crippen molar-refractivity contribution in [1.29, 1.82) is 0 Å². The largest absolute Gasteiger partial charge is 0.481 e. The predicted molar refractivity (Wildman–Crippen MR) is 81.8 cm³/mol. The molecule has 2 unspecified atom stereocenters. The zero-order chi connectivity index (χ0) is 15.7. The molecule has 0 saturated carbocycles. The smallest absolute Gasteiger partial charge is 0.306 e. The van der Waals surface area contributed by atoms with Gasteiger partial charge in [0.25, 0.3) is 0 Å². The van der Waals surface area contributed by atoms with E-state index in [2.05, 4.69) is 4.98 Å². The van der Waals surface area contributed by atoms with Crippen LogP contribution in [0.5, 0.6) is 0 Å². The van der Waals surface area contributed by atoms with Crippen LogP contribution >= 0.6 is 0 Å². The number of fused-ring (bicyclic) bond motifs is 1. The molecule has 1 heterocycles. The Bertz CT molecular complexity index is 724. The van der Waals surface area contributed by atoms with Gasteiger partial charge in [-0.2, -0.15) is 0 Å². The first-order valence-corrected chi connectivity index (χ1v) is 7.34. The molecule has 0 aliphatic heterocycles. The van der Waals surface area contributed by atoms with Gasteiger partial charge in [0.1, 0.15) is 0 Å². The van der Waals surface area contributed by atoms with Gasteiger partial charge in [0.15, 0.2) is 5.78 Å². The van der Waals surface area contributed by atoms with Gasteiger partial charge >= 0.3 is 5.97 Å². The molecule has 1 N–H and O–H groups in total. The standard InChI is InChI=1S/C18H17NO3/c1-11(18(21)22)15-9-14-5-4-12(8-16(14)17(15)20)7-13-3-2-6-19-10-13/h2-6,8,10-11,15H,7,9H2,1H3,(H,21,22). The van der Waals surface area contributed by atoms with Crippen molar-refractivity contribution < 1.29 is 14.7 Å². The van der Waals surface area contributed by atoms with E-state index in [0.29, 0.717) is 18.4 Å². The average molecular weight is 295 g/mol. The lowest BCUT2D eigenvalue weighted by atomic mass is 9.90. The number of nitrogens with zero attached hydrogens (tertiary/aromatic N) is 1. The fourth-order valence-corrected chi connectivity index (χ4v) is 2.98. The monoisotopic (exact) mass is 295 g/mol. The molecule has 112 valence electrons. The van der Waals surface area contributed by atoms with Gasteiger partial charge in [-0.25, -0.2) is 0 Å². The summed E-state index contributed by atoms with van der Waals surface area (Å²) in [5, 5.41) is 9.13. The lowest BCUT2D eigenvalue weighted by Gasteiger charge is -2.12. The molecule has 0 bridgehead atoms. The lowest BCUT2D eigenvalue weighted by Crippen LogP contribution is -2.25. The number of benzene rings is 1. The number of carboxylic acids is 1. The minimum absolute atomic E-state index is 0.0436. The average Bonchev–Trinajstić information content (AvgIpc) is 2.84. The number of pyridine rings is 1. The molecular formula is C18H17NO3. The summed E-state index contributed by atoms with van der Waals surface area (Å²) in [6, 6.07) is 9.75. The summed E-state index contributed by atoms with van der Waals surface area (Å²) in [7, 11) is 0. The molecule has 0 fully saturated rings. The quantitative estimate of drug-likeness (QED) is 0.941. The second kappa shape index (κ2) is 5.72. The number of carboxylic acid groups (broad SMARTS) is 1. The van der Waals surface area contributed by atoms with Crippen LogP contribution in [0.3, 0.4) is 0 Å². The third kappa shape index (κ3) is 2.64. The summed E-state index contributed by atoms with van der Waals surface area (Å²) >= 11 is 0. The summed E-state index contributed by atoms with van der Waals surface area (Å²) in [5.74, 6) is -2.05. The minimum Gasteiger partial charge on any atom is -0.481 e. The third-order valence-corrected chi connectivity index (χ3v) is 4.34. The first kappa shape index (κ1) is 14.4. The number of ketones is 1. The number of aromatic nitrogens is 1. The summed E-state index contributed by atoms with van der Waals surface area (Å²) in [4.78, 5) is 27.7. The number of carbonyl (C=O) groups excluding carboxylic acids is 1. The third-order valence-electron chi connectivity index (χ3n) is 4.34. The molecule has 0 amide bonds. The normalized spacial score (nSPS) is 18.0. The van der Waals surface area contributed by atoms with E-state index in [9.17, 15) is 9.59 Å². The fourth-order valence-electron chi connectivity index (χ4n) is 2.98. The Morgan fingerprint density at radius 1 is 1.36 bits per heavy atom. The molecule has 4 heteroatoms. The van der Waals surface area contributed by atoms with Gasteiger partial charge in [0.2, 0.25) is 0 Å². The molecule has 4 nitrogen and oxygen atoms in total. The Morgan fingerprint density at radius 2 is 2.18 bits per heavy atom. The zero-order valence-electron chi connectivity index (χ0n) is 12.3. The van der Waals surface area contributed by atoms with Crippen LogP contribution in [0.2, 0.25) is 0 Å². The maximum absolute atomic E-state index is 12.5. The molecule has 1 aliphatic rings. The van der Waals surface area contributed by atoms with Crippen molar-refractivity contribution in [1.82, 2.24) is 4.98 Å². The van der Waals surface area contributed by atoms with E-state index in [1.165, 1.54) is 0 Å². The summed E-state index contributed by atoms with van der Waals surface area (Å²) < 4.78 is 0. The van der Waals surface area contributed by atoms with Crippen LogP contribution in [0.4, 0.5) is 0 Å². The summed E-state index contributed by atoms with van der Waals surface area (Å²) in [6.45, 7) is 1.60. The Labute approximate surface area is 128 Å². The number of hydrogen-bond acceptors (Lipinski definition) is 3. The fraction of sp³-hybridized carbons (Fsp3) is 0.278. The highest BCUT2D eigenvalue weighted by atomic mass is 16.4. The van der Waals surface area contributed by atoms with Crippen molar-refractivity contribution in [3.63, 3.8) is 0 Å². The molecule has 0 radical (unpaired) electrons. The van der Waals surface area contributed by atoms with Crippen LogP contribution < -0.4 is 0 Å². The van der Waals surface area contributed by atoms with Crippen LogP contribution in [0.25, 0.3) is 0 Å². The van der Waals surface area contributed by atoms with E-state index >= 15 is 0 Å².